The Kier molecular flexibility index (Phi) is 4.80. The average molecular weight is 256 g/mol. The maximum atomic E-state index is 11.2. The summed E-state index contributed by atoms with van der Waals surface area (Å²) in [4.78, 5) is 11.2. The van der Waals surface area contributed by atoms with Crippen molar-refractivity contribution in [2.75, 3.05) is 6.54 Å². The number of carbonyl (C=O) groups excluding carboxylic acids is 1. The second-order valence-corrected chi connectivity index (χ2v) is 3.82. The van der Waals surface area contributed by atoms with E-state index in [0.29, 0.717) is 11.3 Å². The Labute approximate surface area is 107 Å². The lowest BCUT2D eigenvalue weighted by Crippen LogP contribution is -2.25. The van der Waals surface area contributed by atoms with Crippen molar-refractivity contribution in [1.82, 2.24) is 10.8 Å². The van der Waals surface area contributed by atoms with Crippen LogP contribution in [0.25, 0.3) is 0 Å². The molecular weight excluding hydrogens is 240 g/mol. The molecule has 1 heterocycles. The van der Waals surface area contributed by atoms with Crippen molar-refractivity contribution in [3.63, 3.8) is 0 Å². The van der Waals surface area contributed by atoms with Gasteiger partial charge in [-0.25, -0.2) is 5.48 Å². The molecule has 1 amide bonds. The fraction of sp³-hybridized carbons (Fsp3) is 0.364. The minimum atomic E-state index is -0.531. The molecule has 94 valence electrons. The summed E-state index contributed by atoms with van der Waals surface area (Å²) < 4.78 is 5.67. The lowest BCUT2D eigenvalue weighted by atomic mass is 10.1. The van der Waals surface area contributed by atoms with Gasteiger partial charge in [0.1, 0.15) is 11.9 Å². The van der Waals surface area contributed by atoms with E-state index in [1.807, 2.05) is 13.0 Å². The molecule has 1 atom stereocenters. The van der Waals surface area contributed by atoms with E-state index in [1.165, 1.54) is 0 Å². The van der Waals surface area contributed by atoms with Gasteiger partial charge in [0.2, 0.25) is 0 Å². The zero-order valence-corrected chi connectivity index (χ0v) is 10.5. The lowest BCUT2D eigenvalue weighted by Gasteiger charge is -2.12. The molecule has 0 spiro atoms. The number of ether oxygens (including phenoxy) is 1. The van der Waals surface area contributed by atoms with Crippen molar-refractivity contribution >= 4 is 19.4 Å². The fourth-order valence-corrected chi connectivity index (χ4v) is 1.68. The highest BCUT2D eigenvalue weighted by atomic mass is 32.1. The van der Waals surface area contributed by atoms with Gasteiger partial charge in [-0.1, -0.05) is 6.07 Å². The van der Waals surface area contributed by atoms with E-state index in [2.05, 4.69) is 5.32 Å². The summed E-state index contributed by atoms with van der Waals surface area (Å²) in [5, 5.41) is 11.8. The van der Waals surface area contributed by atoms with E-state index in [-0.39, 0.29) is 19.6 Å². The van der Waals surface area contributed by atoms with Gasteiger partial charge < -0.3 is 10.1 Å². The minimum Gasteiger partial charge on any atom is -0.489 e. The van der Waals surface area contributed by atoms with Gasteiger partial charge in [-0.15, -0.1) is 0 Å². The number of rotatable bonds is 1. The molecule has 1 aliphatic heterocycles. The van der Waals surface area contributed by atoms with Crippen LogP contribution in [0.4, 0.5) is 0 Å². The maximum Gasteiger partial charge on any atom is 0.274 e. The lowest BCUT2D eigenvalue weighted by molar-refractivity contribution is 0.0705. The smallest absolute Gasteiger partial charge is 0.274 e. The molecule has 0 bridgehead atoms. The molecular formula is C11H16N2O3S. The number of hydroxylamine groups is 1. The Hall–Kier alpha value is -1.24. The van der Waals surface area contributed by atoms with Gasteiger partial charge >= 0.3 is 0 Å². The number of amides is 1. The first-order chi connectivity index (χ1) is 7.70. The predicted octanol–water partition coefficient (Wildman–Crippen LogP) is 0.789. The van der Waals surface area contributed by atoms with E-state index in [1.54, 1.807) is 17.6 Å². The number of fused-ring (bicyclic) bond motifs is 1. The normalized spacial score (nSPS) is 18.1. The number of nitrogens with one attached hydrogen (secondary N) is 2. The first kappa shape index (κ1) is 13.8. The topological polar surface area (TPSA) is 70.6 Å². The molecule has 1 aliphatic rings. The molecule has 0 saturated carbocycles. The first-order valence-corrected chi connectivity index (χ1v) is 5.15. The Balaban J connectivity index is 0.00000144. The molecule has 6 heteroatoms. The molecule has 1 aromatic rings. The van der Waals surface area contributed by atoms with Crippen LogP contribution < -0.4 is 15.5 Å². The molecule has 0 unspecified atom stereocenters. The molecule has 0 aromatic heterocycles. The van der Waals surface area contributed by atoms with Crippen LogP contribution >= 0.6 is 13.5 Å². The first-order valence-electron chi connectivity index (χ1n) is 5.15. The highest BCUT2D eigenvalue weighted by molar-refractivity contribution is 7.59. The van der Waals surface area contributed by atoms with Crippen LogP contribution in [0.15, 0.2) is 18.2 Å². The van der Waals surface area contributed by atoms with Crippen molar-refractivity contribution in [3.8, 4) is 5.75 Å². The molecule has 0 saturated heterocycles. The summed E-state index contributed by atoms with van der Waals surface area (Å²) in [6.07, 6.45) is 0.0636. The Morgan fingerprint density at radius 3 is 3.06 bits per heavy atom. The number of benzene rings is 1. The van der Waals surface area contributed by atoms with E-state index in [9.17, 15) is 4.79 Å². The third-order valence-electron chi connectivity index (χ3n) is 2.51. The highest BCUT2D eigenvalue weighted by Gasteiger charge is 2.15. The predicted molar refractivity (Wildman–Crippen MR) is 67.9 cm³/mol. The van der Waals surface area contributed by atoms with Gasteiger partial charge in [-0.2, -0.15) is 13.5 Å². The summed E-state index contributed by atoms with van der Waals surface area (Å²) in [6.45, 7) is 3.46. The van der Waals surface area contributed by atoms with Crippen LogP contribution in [0, 0.1) is 0 Å². The van der Waals surface area contributed by atoms with Crippen molar-refractivity contribution in [2.24, 2.45) is 0 Å². The van der Waals surface area contributed by atoms with Crippen LogP contribution in [0.3, 0.4) is 0 Å². The second kappa shape index (κ2) is 5.90. The highest BCUT2D eigenvalue weighted by Crippen LogP contribution is 2.23. The Morgan fingerprint density at radius 2 is 2.35 bits per heavy atom. The largest absolute Gasteiger partial charge is 0.489 e. The molecule has 0 fully saturated rings. The summed E-state index contributed by atoms with van der Waals surface area (Å²) in [5.74, 6) is 0.162. The second-order valence-electron chi connectivity index (χ2n) is 3.82. The van der Waals surface area contributed by atoms with E-state index in [0.717, 1.165) is 18.7 Å². The van der Waals surface area contributed by atoms with Gasteiger partial charge in [-0.05, 0) is 19.1 Å². The number of carbonyl (C=O) groups is 1. The third-order valence-corrected chi connectivity index (χ3v) is 2.51. The fourth-order valence-electron chi connectivity index (χ4n) is 1.68. The van der Waals surface area contributed by atoms with Crippen molar-refractivity contribution in [1.29, 1.82) is 0 Å². The zero-order chi connectivity index (χ0) is 11.5. The maximum absolute atomic E-state index is 11.2. The number of hydrogen-bond donors (Lipinski definition) is 3. The van der Waals surface area contributed by atoms with Gasteiger partial charge in [0.25, 0.3) is 5.91 Å². The Morgan fingerprint density at radius 1 is 1.59 bits per heavy atom. The molecule has 17 heavy (non-hydrogen) atoms. The molecule has 5 nitrogen and oxygen atoms in total. The van der Waals surface area contributed by atoms with E-state index in [4.69, 9.17) is 9.94 Å². The number of hydrogen-bond acceptors (Lipinski definition) is 4. The van der Waals surface area contributed by atoms with Gasteiger partial charge in [0.05, 0.1) is 0 Å². The van der Waals surface area contributed by atoms with E-state index >= 15 is 0 Å². The van der Waals surface area contributed by atoms with Crippen molar-refractivity contribution in [2.45, 2.75) is 19.6 Å². The quantitative estimate of drug-likeness (QED) is 0.513. The summed E-state index contributed by atoms with van der Waals surface area (Å²) in [7, 11) is 0. The van der Waals surface area contributed by atoms with Crippen LogP contribution in [-0.4, -0.2) is 23.8 Å². The van der Waals surface area contributed by atoms with Gasteiger partial charge in [0.15, 0.2) is 0 Å². The van der Waals surface area contributed by atoms with Gasteiger partial charge in [0, 0.05) is 24.2 Å². The molecule has 0 aliphatic carbocycles. The molecule has 3 N–H and O–H groups in total. The summed E-state index contributed by atoms with van der Waals surface area (Å²) in [6, 6.07) is 5.13. The Bertz CT molecular complexity index is 412. The van der Waals surface area contributed by atoms with Crippen molar-refractivity contribution < 1.29 is 14.7 Å². The zero-order valence-electron chi connectivity index (χ0n) is 9.49. The van der Waals surface area contributed by atoms with Gasteiger partial charge in [-0.3, -0.25) is 10.0 Å². The van der Waals surface area contributed by atoms with E-state index < -0.39 is 5.91 Å². The van der Waals surface area contributed by atoms with Crippen LogP contribution in [0.1, 0.15) is 22.8 Å². The standard InChI is InChI=1S/C11H14N2O3.H2S/c1-7-5-12-6-9-3-2-8(11(14)13-15)4-10(9)16-7;/h2-4,7,12,15H,5-6H2,1H3,(H,13,14);1H2/t7-;/m0./s1. The SMILES string of the molecule is C[C@H]1CNCc2ccc(C(=O)NO)cc2O1.S. The monoisotopic (exact) mass is 256 g/mol. The van der Waals surface area contributed by atoms with Crippen molar-refractivity contribution in [3.05, 3.63) is 29.3 Å². The minimum absolute atomic E-state index is 0. The van der Waals surface area contributed by atoms with Crippen LogP contribution in [-0.2, 0) is 6.54 Å². The van der Waals surface area contributed by atoms with Crippen LogP contribution in [0.5, 0.6) is 5.75 Å². The molecule has 1 aromatic carbocycles. The summed E-state index contributed by atoms with van der Waals surface area (Å²) in [5.41, 5.74) is 3.00. The average Bonchev–Trinajstić information content (AvgIpc) is 2.47. The molecule has 0 radical (unpaired) electrons. The summed E-state index contributed by atoms with van der Waals surface area (Å²) >= 11 is 0. The molecule has 2 rings (SSSR count). The van der Waals surface area contributed by atoms with Crippen LogP contribution in [0.2, 0.25) is 0 Å². The third kappa shape index (κ3) is 3.12.